The van der Waals surface area contributed by atoms with E-state index in [4.69, 9.17) is 0 Å². The van der Waals surface area contributed by atoms with Gasteiger partial charge in [-0.25, -0.2) is 0 Å². The van der Waals surface area contributed by atoms with Crippen molar-refractivity contribution in [1.29, 1.82) is 0 Å². The molecule has 0 aliphatic heterocycles. The fourth-order valence-corrected chi connectivity index (χ4v) is 3.04. The van der Waals surface area contributed by atoms with E-state index in [1.165, 1.54) is 0 Å². The summed E-state index contributed by atoms with van der Waals surface area (Å²) < 4.78 is 32.3. The Hall–Kier alpha value is -1.39. The molecule has 0 aromatic heterocycles. The van der Waals surface area contributed by atoms with E-state index in [9.17, 15) is 13.0 Å². The molecule has 0 saturated carbocycles. The summed E-state index contributed by atoms with van der Waals surface area (Å²) >= 11 is 0. The average Bonchev–Trinajstić information content (AvgIpc) is 2.37. The lowest BCUT2D eigenvalue weighted by Gasteiger charge is -2.09. The lowest BCUT2D eigenvalue weighted by molar-refractivity contribution is 0.482. The lowest BCUT2D eigenvalue weighted by Crippen LogP contribution is -2.03. The third-order valence-corrected chi connectivity index (χ3v) is 4.19. The van der Waals surface area contributed by atoms with Gasteiger partial charge < -0.3 is 0 Å². The second-order valence-corrected chi connectivity index (χ2v) is 6.13. The van der Waals surface area contributed by atoms with E-state index < -0.39 is 10.1 Å². The summed E-state index contributed by atoms with van der Waals surface area (Å²) in [5, 5.41) is 1.83. The first-order valence-corrected chi connectivity index (χ1v) is 7.95. The number of benzene rings is 2. The van der Waals surface area contributed by atoms with Crippen molar-refractivity contribution in [3.63, 3.8) is 0 Å². The number of fused-ring (bicyclic) bond motifs is 1. The first-order valence-electron chi connectivity index (χ1n) is 6.51. The van der Waals surface area contributed by atoms with Crippen LogP contribution in [0.15, 0.2) is 41.3 Å². The van der Waals surface area contributed by atoms with Gasteiger partial charge in [0.05, 0.1) is 4.90 Å². The van der Waals surface area contributed by atoms with Crippen LogP contribution in [-0.4, -0.2) is 13.0 Å². The van der Waals surface area contributed by atoms with E-state index in [0.717, 1.165) is 30.0 Å². The molecule has 0 heterocycles. The van der Waals surface area contributed by atoms with Crippen molar-refractivity contribution in [2.75, 3.05) is 0 Å². The van der Waals surface area contributed by atoms with E-state index in [1.54, 1.807) is 6.07 Å². The highest BCUT2D eigenvalue weighted by atomic mass is 32.2. The molecule has 0 bridgehead atoms. The summed E-state index contributed by atoms with van der Waals surface area (Å²) in [7, 11) is -4.16. The molecule has 0 radical (unpaired) electrons. The van der Waals surface area contributed by atoms with Gasteiger partial charge in [0.15, 0.2) is 0 Å². The standard InChI is InChI=1S/C15H18O3S/c1-2-3-4-9-14-10-12-7-5-6-8-13(12)11-15(14)19(16,17)18/h5-8,10-11H,2-4,9H2,1H3,(H,16,17,18). The van der Waals surface area contributed by atoms with E-state index in [2.05, 4.69) is 6.92 Å². The van der Waals surface area contributed by atoms with Crippen LogP contribution in [-0.2, 0) is 16.5 Å². The molecule has 102 valence electrons. The third kappa shape index (κ3) is 3.33. The maximum absolute atomic E-state index is 11.5. The Bertz CT molecular complexity index is 675. The van der Waals surface area contributed by atoms with Gasteiger partial charge in [-0.2, -0.15) is 8.42 Å². The zero-order chi connectivity index (χ0) is 13.9. The second-order valence-electron chi connectivity index (χ2n) is 4.74. The molecule has 1 N–H and O–H groups in total. The summed E-state index contributed by atoms with van der Waals surface area (Å²) in [6, 6.07) is 11.0. The molecule has 0 unspecified atom stereocenters. The molecule has 3 nitrogen and oxygen atoms in total. The summed E-state index contributed by atoms with van der Waals surface area (Å²) in [6.45, 7) is 2.10. The van der Waals surface area contributed by atoms with Gasteiger partial charge in [0.25, 0.3) is 10.1 Å². The summed E-state index contributed by atoms with van der Waals surface area (Å²) in [4.78, 5) is 0.0438. The van der Waals surface area contributed by atoms with Gasteiger partial charge in [-0.05, 0) is 41.3 Å². The van der Waals surface area contributed by atoms with Gasteiger partial charge in [0.2, 0.25) is 0 Å². The largest absolute Gasteiger partial charge is 0.294 e. The van der Waals surface area contributed by atoms with Crippen LogP contribution < -0.4 is 0 Å². The smallest absolute Gasteiger partial charge is 0.282 e. The highest BCUT2D eigenvalue weighted by molar-refractivity contribution is 7.85. The van der Waals surface area contributed by atoms with E-state index >= 15 is 0 Å². The van der Waals surface area contributed by atoms with Crippen molar-refractivity contribution in [1.82, 2.24) is 0 Å². The maximum Gasteiger partial charge on any atom is 0.294 e. The number of aryl methyl sites for hydroxylation is 1. The highest BCUT2D eigenvalue weighted by Crippen LogP contribution is 2.25. The lowest BCUT2D eigenvalue weighted by atomic mass is 10.0. The van der Waals surface area contributed by atoms with Crippen LogP contribution in [0.25, 0.3) is 10.8 Å². The molecule has 0 amide bonds. The minimum Gasteiger partial charge on any atom is -0.282 e. The number of hydrogen-bond donors (Lipinski definition) is 1. The van der Waals surface area contributed by atoms with E-state index in [-0.39, 0.29) is 4.90 Å². The van der Waals surface area contributed by atoms with Gasteiger partial charge in [-0.15, -0.1) is 0 Å². The molecule has 0 fully saturated rings. The number of unbranched alkanes of at least 4 members (excludes halogenated alkanes) is 2. The molecule has 0 aliphatic rings. The van der Waals surface area contributed by atoms with Crippen LogP contribution in [0.4, 0.5) is 0 Å². The molecule has 0 spiro atoms. The molecule has 2 aromatic rings. The maximum atomic E-state index is 11.5. The van der Waals surface area contributed by atoms with Crippen molar-refractivity contribution in [3.8, 4) is 0 Å². The molecule has 2 aromatic carbocycles. The van der Waals surface area contributed by atoms with Crippen molar-refractivity contribution < 1.29 is 13.0 Å². The first kappa shape index (κ1) is 14.0. The predicted molar refractivity (Wildman–Crippen MR) is 77.0 cm³/mol. The molecule has 19 heavy (non-hydrogen) atoms. The molecular weight excluding hydrogens is 260 g/mol. The van der Waals surface area contributed by atoms with Crippen LogP contribution in [0, 0.1) is 0 Å². The van der Waals surface area contributed by atoms with Gasteiger partial charge in [0.1, 0.15) is 0 Å². The van der Waals surface area contributed by atoms with Crippen molar-refractivity contribution in [3.05, 3.63) is 42.0 Å². The molecule has 0 aliphatic carbocycles. The second kappa shape index (κ2) is 5.72. The van der Waals surface area contributed by atoms with E-state index in [1.807, 2.05) is 30.3 Å². The Balaban J connectivity index is 2.51. The minimum atomic E-state index is -4.16. The molecule has 0 saturated heterocycles. The Morgan fingerprint density at radius 1 is 1.05 bits per heavy atom. The SMILES string of the molecule is CCCCCc1cc2ccccc2cc1S(=O)(=O)O. The number of rotatable bonds is 5. The minimum absolute atomic E-state index is 0.0438. The van der Waals surface area contributed by atoms with Crippen LogP contribution >= 0.6 is 0 Å². The third-order valence-electron chi connectivity index (χ3n) is 3.26. The molecule has 4 heteroatoms. The zero-order valence-corrected chi connectivity index (χ0v) is 11.8. The summed E-state index contributed by atoms with van der Waals surface area (Å²) in [5.41, 5.74) is 0.703. The Labute approximate surface area is 114 Å². The number of hydrogen-bond acceptors (Lipinski definition) is 2. The molecular formula is C15H18O3S. The summed E-state index contributed by atoms with van der Waals surface area (Å²) in [5.74, 6) is 0. The fourth-order valence-electron chi connectivity index (χ4n) is 2.27. The average molecular weight is 278 g/mol. The van der Waals surface area contributed by atoms with Crippen molar-refractivity contribution in [2.45, 2.75) is 37.5 Å². The Morgan fingerprint density at radius 3 is 2.26 bits per heavy atom. The topological polar surface area (TPSA) is 54.4 Å². The quantitative estimate of drug-likeness (QED) is 0.668. The highest BCUT2D eigenvalue weighted by Gasteiger charge is 2.16. The normalized spacial score (nSPS) is 11.9. The van der Waals surface area contributed by atoms with Crippen LogP contribution in [0.5, 0.6) is 0 Å². The zero-order valence-electron chi connectivity index (χ0n) is 11.0. The van der Waals surface area contributed by atoms with Crippen molar-refractivity contribution >= 4 is 20.9 Å². The van der Waals surface area contributed by atoms with Crippen LogP contribution in [0.1, 0.15) is 31.7 Å². The Morgan fingerprint density at radius 2 is 1.68 bits per heavy atom. The monoisotopic (exact) mass is 278 g/mol. The molecule has 0 atom stereocenters. The van der Waals surface area contributed by atoms with Crippen LogP contribution in [0.3, 0.4) is 0 Å². The van der Waals surface area contributed by atoms with Gasteiger partial charge in [-0.1, -0.05) is 44.0 Å². The van der Waals surface area contributed by atoms with E-state index in [0.29, 0.717) is 12.0 Å². The van der Waals surface area contributed by atoms with Crippen LogP contribution in [0.2, 0.25) is 0 Å². The van der Waals surface area contributed by atoms with Gasteiger partial charge >= 0.3 is 0 Å². The summed E-state index contributed by atoms with van der Waals surface area (Å²) in [6.07, 6.45) is 3.73. The fraction of sp³-hybridized carbons (Fsp3) is 0.333. The van der Waals surface area contributed by atoms with Gasteiger partial charge in [-0.3, -0.25) is 4.55 Å². The molecule has 2 rings (SSSR count). The van der Waals surface area contributed by atoms with Crippen molar-refractivity contribution in [2.24, 2.45) is 0 Å². The Kier molecular flexibility index (Phi) is 4.22. The first-order chi connectivity index (χ1) is 9.02. The van der Waals surface area contributed by atoms with Gasteiger partial charge in [0, 0.05) is 0 Å². The predicted octanol–water partition coefficient (Wildman–Crippen LogP) is 3.82.